The molecule has 2 rings (SSSR count). The maximum absolute atomic E-state index is 12.0. The second kappa shape index (κ2) is 8.31. The molecule has 0 fully saturated rings. The van der Waals surface area contributed by atoms with Gasteiger partial charge in [0.25, 0.3) is 0 Å². The van der Waals surface area contributed by atoms with Crippen LogP contribution in [-0.4, -0.2) is 19.0 Å². The largest absolute Gasteiger partial charge is 0.465 e. The van der Waals surface area contributed by atoms with Crippen LogP contribution in [0.15, 0.2) is 54.6 Å². The van der Waals surface area contributed by atoms with Gasteiger partial charge in [-0.2, -0.15) is 0 Å². The van der Waals surface area contributed by atoms with Crippen molar-refractivity contribution in [2.24, 2.45) is 0 Å². The van der Waals surface area contributed by atoms with Gasteiger partial charge in [-0.1, -0.05) is 35.9 Å². The lowest BCUT2D eigenvalue weighted by atomic mass is 10.1. The van der Waals surface area contributed by atoms with Crippen LogP contribution in [-0.2, 0) is 9.53 Å². The fraction of sp³-hybridized carbons (Fsp3) is 0.158. The van der Waals surface area contributed by atoms with Crippen LogP contribution < -0.4 is 5.32 Å². The summed E-state index contributed by atoms with van der Waals surface area (Å²) in [5.74, 6) is -0.588. The smallest absolute Gasteiger partial charge is 0.337 e. The Morgan fingerprint density at radius 1 is 1.08 bits per heavy atom. The van der Waals surface area contributed by atoms with Crippen LogP contribution in [0, 0.1) is 0 Å². The zero-order valence-corrected chi connectivity index (χ0v) is 14.2. The standard InChI is InChI=1S/C19H18ClNO3/c1-13(15-8-10-17(20)11-9-15)21-18(22)12-5-14-3-6-16(7-4-14)19(23)24-2/h3-13H,1-2H3,(H,21,22)/b12-5+. The summed E-state index contributed by atoms with van der Waals surface area (Å²) in [5.41, 5.74) is 2.26. The Morgan fingerprint density at radius 2 is 1.71 bits per heavy atom. The van der Waals surface area contributed by atoms with Gasteiger partial charge < -0.3 is 10.1 Å². The first-order valence-corrected chi connectivity index (χ1v) is 7.80. The Morgan fingerprint density at radius 3 is 2.29 bits per heavy atom. The van der Waals surface area contributed by atoms with Gasteiger partial charge in [-0.15, -0.1) is 0 Å². The van der Waals surface area contributed by atoms with E-state index in [0.717, 1.165) is 11.1 Å². The molecule has 5 heteroatoms. The van der Waals surface area contributed by atoms with Gasteiger partial charge >= 0.3 is 5.97 Å². The number of halogens is 1. The predicted octanol–water partition coefficient (Wildman–Crippen LogP) is 4.02. The van der Waals surface area contributed by atoms with E-state index in [1.54, 1.807) is 42.5 Å². The Balaban J connectivity index is 1.94. The number of hydrogen-bond acceptors (Lipinski definition) is 3. The van der Waals surface area contributed by atoms with Crippen LogP contribution >= 0.6 is 11.6 Å². The lowest BCUT2D eigenvalue weighted by molar-refractivity contribution is -0.117. The lowest BCUT2D eigenvalue weighted by Crippen LogP contribution is -2.24. The number of nitrogens with one attached hydrogen (secondary N) is 1. The summed E-state index contributed by atoms with van der Waals surface area (Å²) in [6, 6.07) is 14.0. The van der Waals surface area contributed by atoms with Crippen molar-refractivity contribution < 1.29 is 14.3 Å². The number of ether oxygens (including phenoxy) is 1. The number of amides is 1. The van der Waals surface area contributed by atoms with Gasteiger partial charge in [0.15, 0.2) is 0 Å². The highest BCUT2D eigenvalue weighted by molar-refractivity contribution is 6.30. The molecular weight excluding hydrogens is 326 g/mol. The number of hydrogen-bond donors (Lipinski definition) is 1. The summed E-state index contributed by atoms with van der Waals surface area (Å²) in [4.78, 5) is 23.3. The minimum absolute atomic E-state index is 0.124. The SMILES string of the molecule is COC(=O)c1ccc(/C=C/C(=O)NC(C)c2ccc(Cl)cc2)cc1. The first-order chi connectivity index (χ1) is 11.5. The van der Waals surface area contributed by atoms with Crippen molar-refractivity contribution in [1.29, 1.82) is 0 Å². The Hall–Kier alpha value is -2.59. The Labute approximate surface area is 146 Å². The second-order valence-corrected chi connectivity index (χ2v) is 5.67. The fourth-order valence-corrected chi connectivity index (χ4v) is 2.24. The number of carbonyl (C=O) groups excluding carboxylic acids is 2. The molecule has 0 saturated heterocycles. The number of carbonyl (C=O) groups is 2. The van der Waals surface area contributed by atoms with E-state index in [2.05, 4.69) is 10.1 Å². The molecule has 124 valence electrons. The van der Waals surface area contributed by atoms with Gasteiger partial charge in [0.2, 0.25) is 5.91 Å². The molecule has 24 heavy (non-hydrogen) atoms. The van der Waals surface area contributed by atoms with Gasteiger partial charge in [0.05, 0.1) is 18.7 Å². The minimum atomic E-state index is -0.389. The Bertz CT molecular complexity index is 736. The van der Waals surface area contributed by atoms with Crippen molar-refractivity contribution in [2.45, 2.75) is 13.0 Å². The molecule has 2 aromatic carbocycles. The molecule has 0 bridgehead atoms. The normalized spacial score (nSPS) is 12.0. The van der Waals surface area contributed by atoms with E-state index in [0.29, 0.717) is 10.6 Å². The molecule has 1 unspecified atom stereocenters. The van der Waals surface area contributed by atoms with Crippen molar-refractivity contribution in [3.8, 4) is 0 Å². The lowest BCUT2D eigenvalue weighted by Gasteiger charge is -2.12. The van der Waals surface area contributed by atoms with E-state index >= 15 is 0 Å². The summed E-state index contributed by atoms with van der Waals surface area (Å²) in [7, 11) is 1.34. The average molecular weight is 344 g/mol. The van der Waals surface area contributed by atoms with Crippen LogP contribution in [0.5, 0.6) is 0 Å². The number of methoxy groups -OCH3 is 1. The van der Waals surface area contributed by atoms with E-state index in [-0.39, 0.29) is 17.9 Å². The maximum atomic E-state index is 12.0. The monoisotopic (exact) mass is 343 g/mol. The maximum Gasteiger partial charge on any atom is 0.337 e. The van der Waals surface area contributed by atoms with E-state index in [1.807, 2.05) is 19.1 Å². The van der Waals surface area contributed by atoms with Gasteiger partial charge in [-0.3, -0.25) is 4.79 Å². The van der Waals surface area contributed by atoms with Crippen LogP contribution in [0.4, 0.5) is 0 Å². The third kappa shape index (κ3) is 4.96. The number of esters is 1. The second-order valence-electron chi connectivity index (χ2n) is 5.23. The molecule has 2 aromatic rings. The van der Waals surface area contributed by atoms with E-state index in [4.69, 9.17) is 11.6 Å². The average Bonchev–Trinajstić information content (AvgIpc) is 2.60. The summed E-state index contributed by atoms with van der Waals surface area (Å²) < 4.78 is 4.64. The zero-order chi connectivity index (χ0) is 17.5. The molecule has 0 aliphatic rings. The Kier molecular flexibility index (Phi) is 6.15. The molecule has 0 aliphatic carbocycles. The van der Waals surface area contributed by atoms with Crippen LogP contribution in [0.2, 0.25) is 5.02 Å². The molecule has 1 N–H and O–H groups in total. The third-order valence-corrected chi connectivity index (χ3v) is 3.74. The molecule has 0 saturated carbocycles. The minimum Gasteiger partial charge on any atom is -0.465 e. The molecule has 1 atom stereocenters. The molecule has 0 radical (unpaired) electrons. The van der Waals surface area contributed by atoms with Crippen molar-refractivity contribution in [3.05, 3.63) is 76.3 Å². The highest BCUT2D eigenvalue weighted by atomic mass is 35.5. The van der Waals surface area contributed by atoms with Crippen molar-refractivity contribution in [1.82, 2.24) is 5.32 Å². The number of benzene rings is 2. The van der Waals surface area contributed by atoms with Gasteiger partial charge in [-0.25, -0.2) is 4.79 Å². The van der Waals surface area contributed by atoms with Crippen molar-refractivity contribution in [3.63, 3.8) is 0 Å². The number of rotatable bonds is 5. The van der Waals surface area contributed by atoms with Gasteiger partial charge in [0, 0.05) is 11.1 Å². The van der Waals surface area contributed by atoms with Gasteiger partial charge in [-0.05, 0) is 48.4 Å². The molecule has 0 heterocycles. The molecule has 0 aromatic heterocycles. The molecule has 1 amide bonds. The van der Waals surface area contributed by atoms with Gasteiger partial charge in [0.1, 0.15) is 0 Å². The highest BCUT2D eigenvalue weighted by Crippen LogP contribution is 2.16. The van der Waals surface area contributed by atoms with Crippen molar-refractivity contribution >= 4 is 29.6 Å². The van der Waals surface area contributed by atoms with Crippen LogP contribution in [0.3, 0.4) is 0 Å². The highest BCUT2D eigenvalue weighted by Gasteiger charge is 2.07. The zero-order valence-electron chi connectivity index (χ0n) is 13.5. The summed E-state index contributed by atoms with van der Waals surface area (Å²) in [6.07, 6.45) is 3.14. The first kappa shape index (κ1) is 17.8. The fourth-order valence-electron chi connectivity index (χ4n) is 2.12. The summed E-state index contributed by atoms with van der Waals surface area (Å²) >= 11 is 5.85. The van der Waals surface area contributed by atoms with Crippen LogP contribution in [0.1, 0.15) is 34.5 Å². The molecule has 0 spiro atoms. The molecular formula is C19H18ClNO3. The summed E-state index contributed by atoms with van der Waals surface area (Å²) in [6.45, 7) is 1.90. The quantitative estimate of drug-likeness (QED) is 0.659. The summed E-state index contributed by atoms with van der Waals surface area (Å²) in [5, 5.41) is 3.54. The molecule has 4 nitrogen and oxygen atoms in total. The predicted molar refractivity (Wildman–Crippen MR) is 94.8 cm³/mol. The third-order valence-electron chi connectivity index (χ3n) is 3.49. The topological polar surface area (TPSA) is 55.4 Å². The first-order valence-electron chi connectivity index (χ1n) is 7.42. The van der Waals surface area contributed by atoms with E-state index in [1.165, 1.54) is 13.2 Å². The van der Waals surface area contributed by atoms with Crippen LogP contribution in [0.25, 0.3) is 6.08 Å². The molecule has 0 aliphatic heterocycles. The van der Waals surface area contributed by atoms with E-state index in [9.17, 15) is 9.59 Å². The van der Waals surface area contributed by atoms with Crippen molar-refractivity contribution in [2.75, 3.05) is 7.11 Å². The van der Waals surface area contributed by atoms with E-state index < -0.39 is 0 Å².